The van der Waals surface area contributed by atoms with Gasteiger partial charge in [0.25, 0.3) is 10.0 Å². The van der Waals surface area contributed by atoms with Crippen LogP contribution in [0.25, 0.3) is 0 Å². The van der Waals surface area contributed by atoms with E-state index in [2.05, 4.69) is 14.9 Å². The number of hydrogen-bond donors (Lipinski definition) is 2. The van der Waals surface area contributed by atoms with Gasteiger partial charge in [0.1, 0.15) is 5.56 Å². The summed E-state index contributed by atoms with van der Waals surface area (Å²) >= 11 is 0. The zero-order valence-corrected chi connectivity index (χ0v) is 8.17. The number of esters is 1. The second-order valence-corrected chi connectivity index (χ2v) is 3.88. The summed E-state index contributed by atoms with van der Waals surface area (Å²) in [5.41, 5.74) is -0.186. The lowest BCUT2D eigenvalue weighted by atomic mass is 10.4. The summed E-state index contributed by atoms with van der Waals surface area (Å²) in [4.78, 5) is 11.2. The molecule has 1 aromatic heterocycles. The molecule has 1 rings (SSSR count). The minimum absolute atomic E-state index is 0.147. The molecule has 0 unspecified atom stereocenters. The molecule has 78 valence electrons. The molecule has 0 radical (unpaired) electrons. The van der Waals surface area contributed by atoms with Gasteiger partial charge in [-0.1, -0.05) is 0 Å². The molecule has 7 nitrogen and oxygen atoms in total. The third-order valence-electron chi connectivity index (χ3n) is 1.38. The van der Waals surface area contributed by atoms with Gasteiger partial charge in [0.15, 0.2) is 5.03 Å². The predicted octanol–water partition coefficient (Wildman–Crippen LogP) is -0.766. The molecule has 0 fully saturated rings. The van der Waals surface area contributed by atoms with Crippen LogP contribution in [0.5, 0.6) is 0 Å². The van der Waals surface area contributed by atoms with Crippen LogP contribution in [0.2, 0.25) is 0 Å². The highest BCUT2D eigenvalue weighted by atomic mass is 32.2. The van der Waals surface area contributed by atoms with Gasteiger partial charge in [-0.3, -0.25) is 5.10 Å². The summed E-state index contributed by atoms with van der Waals surface area (Å²) in [6.45, 7) is 1.75. The Morgan fingerprint density at radius 1 is 1.71 bits per heavy atom. The number of nitrogens with zero attached hydrogens (tertiary/aromatic N) is 1. The van der Waals surface area contributed by atoms with Gasteiger partial charge >= 0.3 is 5.97 Å². The van der Waals surface area contributed by atoms with Crippen LogP contribution in [-0.4, -0.2) is 31.2 Å². The van der Waals surface area contributed by atoms with Crippen molar-refractivity contribution >= 4 is 16.0 Å². The Hall–Kier alpha value is -1.41. The Kier molecular flexibility index (Phi) is 2.87. The normalized spacial score (nSPS) is 11.3. The van der Waals surface area contributed by atoms with Crippen LogP contribution >= 0.6 is 0 Å². The van der Waals surface area contributed by atoms with Gasteiger partial charge in [-0.25, -0.2) is 18.4 Å². The number of carbonyl (C=O) groups is 1. The average Bonchev–Trinajstić information content (AvgIpc) is 2.50. The summed E-state index contributed by atoms with van der Waals surface area (Å²) in [6, 6.07) is 0. The summed E-state index contributed by atoms with van der Waals surface area (Å²) in [5, 5.41) is 9.92. The van der Waals surface area contributed by atoms with Crippen LogP contribution in [0, 0.1) is 0 Å². The Bertz CT molecular complexity index is 436. The molecule has 0 spiro atoms. The molecule has 0 bridgehead atoms. The lowest BCUT2D eigenvalue weighted by Crippen LogP contribution is -2.17. The Morgan fingerprint density at radius 2 is 2.36 bits per heavy atom. The number of nitrogens with two attached hydrogens (primary N) is 1. The first-order valence-corrected chi connectivity index (χ1v) is 5.24. The van der Waals surface area contributed by atoms with Crippen molar-refractivity contribution in [1.29, 1.82) is 0 Å². The number of H-pyrrole nitrogens is 1. The molecule has 0 aliphatic heterocycles. The minimum Gasteiger partial charge on any atom is -0.462 e. The third-order valence-corrected chi connectivity index (χ3v) is 2.26. The molecule has 0 amide bonds. The Morgan fingerprint density at radius 3 is 2.86 bits per heavy atom. The van der Waals surface area contributed by atoms with Crippen LogP contribution in [0.3, 0.4) is 0 Å². The monoisotopic (exact) mass is 219 g/mol. The van der Waals surface area contributed by atoms with E-state index in [1.54, 1.807) is 6.92 Å². The van der Waals surface area contributed by atoms with Gasteiger partial charge < -0.3 is 4.74 Å². The SMILES string of the molecule is CCOC(=O)c1cn[nH]c1S(N)(=O)=O. The standard InChI is InChI=1S/C6H9N3O4S/c1-2-13-6(10)4-3-8-9-5(4)14(7,11)12/h3H,2H2,1H3,(H,8,9)(H2,7,11,12). The molecule has 14 heavy (non-hydrogen) atoms. The van der Waals surface area contributed by atoms with Crippen LogP contribution in [0.4, 0.5) is 0 Å². The largest absolute Gasteiger partial charge is 0.462 e. The number of aromatic amines is 1. The number of aromatic nitrogens is 2. The van der Waals surface area contributed by atoms with E-state index in [1.807, 2.05) is 0 Å². The maximum absolute atomic E-state index is 11.2. The second-order valence-electron chi connectivity index (χ2n) is 2.38. The first-order chi connectivity index (χ1) is 6.46. The van der Waals surface area contributed by atoms with Gasteiger partial charge in [-0.15, -0.1) is 0 Å². The lowest BCUT2D eigenvalue weighted by molar-refractivity contribution is 0.0522. The molecule has 0 saturated carbocycles. The van der Waals surface area contributed by atoms with E-state index < -0.39 is 21.0 Å². The van der Waals surface area contributed by atoms with Crippen molar-refractivity contribution in [2.24, 2.45) is 5.14 Å². The van der Waals surface area contributed by atoms with Crippen molar-refractivity contribution in [2.45, 2.75) is 11.9 Å². The van der Waals surface area contributed by atoms with E-state index in [0.717, 1.165) is 6.20 Å². The number of primary sulfonamides is 1. The number of nitrogens with one attached hydrogen (secondary N) is 1. The first kappa shape index (κ1) is 10.7. The Balaban J connectivity index is 3.12. The third kappa shape index (κ3) is 2.09. The predicted molar refractivity (Wildman–Crippen MR) is 45.9 cm³/mol. The number of rotatable bonds is 3. The molecule has 0 aliphatic rings. The molecule has 3 N–H and O–H groups in total. The molecular formula is C6H9N3O4S. The summed E-state index contributed by atoms with van der Waals surface area (Å²) in [6.07, 6.45) is 1.05. The van der Waals surface area contributed by atoms with E-state index in [1.165, 1.54) is 0 Å². The highest BCUT2D eigenvalue weighted by Gasteiger charge is 2.22. The van der Waals surface area contributed by atoms with E-state index in [0.29, 0.717) is 0 Å². The minimum atomic E-state index is -3.97. The van der Waals surface area contributed by atoms with Crippen LogP contribution in [-0.2, 0) is 14.8 Å². The summed E-state index contributed by atoms with van der Waals surface area (Å²) < 4.78 is 26.4. The molecular weight excluding hydrogens is 210 g/mol. The van der Waals surface area contributed by atoms with E-state index in [-0.39, 0.29) is 12.2 Å². The zero-order chi connectivity index (χ0) is 10.8. The molecule has 0 aromatic carbocycles. The zero-order valence-electron chi connectivity index (χ0n) is 7.35. The van der Waals surface area contributed by atoms with Crippen molar-refractivity contribution < 1.29 is 17.9 Å². The van der Waals surface area contributed by atoms with Gasteiger partial charge in [-0.2, -0.15) is 5.10 Å². The van der Waals surface area contributed by atoms with Crippen LogP contribution < -0.4 is 5.14 Å². The molecule has 0 aliphatic carbocycles. The van der Waals surface area contributed by atoms with Crippen molar-refractivity contribution in [1.82, 2.24) is 10.2 Å². The van der Waals surface area contributed by atoms with Crippen LogP contribution in [0.1, 0.15) is 17.3 Å². The van der Waals surface area contributed by atoms with Crippen molar-refractivity contribution in [3.8, 4) is 0 Å². The fourth-order valence-electron chi connectivity index (χ4n) is 0.845. The highest BCUT2D eigenvalue weighted by Crippen LogP contribution is 2.10. The van der Waals surface area contributed by atoms with Gasteiger partial charge in [-0.05, 0) is 6.92 Å². The fraction of sp³-hybridized carbons (Fsp3) is 0.333. The molecule has 0 atom stereocenters. The van der Waals surface area contributed by atoms with Gasteiger partial charge in [0, 0.05) is 0 Å². The second kappa shape index (κ2) is 3.76. The summed E-state index contributed by atoms with van der Waals surface area (Å²) in [5.74, 6) is -0.773. The fourth-order valence-corrected chi connectivity index (χ4v) is 1.47. The Labute approximate surface area is 80.3 Å². The number of ether oxygens (including phenoxy) is 1. The quantitative estimate of drug-likeness (QED) is 0.648. The summed E-state index contributed by atoms with van der Waals surface area (Å²) in [7, 11) is -3.97. The van der Waals surface area contributed by atoms with E-state index in [9.17, 15) is 13.2 Å². The molecule has 1 heterocycles. The van der Waals surface area contributed by atoms with Crippen LogP contribution in [0.15, 0.2) is 11.2 Å². The highest BCUT2D eigenvalue weighted by molar-refractivity contribution is 7.89. The number of carbonyl (C=O) groups excluding carboxylic acids is 1. The molecule has 8 heteroatoms. The maximum Gasteiger partial charge on any atom is 0.342 e. The smallest absolute Gasteiger partial charge is 0.342 e. The van der Waals surface area contributed by atoms with E-state index in [4.69, 9.17) is 5.14 Å². The number of sulfonamides is 1. The van der Waals surface area contributed by atoms with Gasteiger partial charge in [0.2, 0.25) is 0 Å². The van der Waals surface area contributed by atoms with Crippen molar-refractivity contribution in [3.05, 3.63) is 11.8 Å². The maximum atomic E-state index is 11.2. The lowest BCUT2D eigenvalue weighted by Gasteiger charge is -2.00. The number of hydrogen-bond acceptors (Lipinski definition) is 5. The van der Waals surface area contributed by atoms with Gasteiger partial charge in [0.05, 0.1) is 12.8 Å². The topological polar surface area (TPSA) is 115 Å². The molecule has 0 saturated heterocycles. The van der Waals surface area contributed by atoms with Crippen molar-refractivity contribution in [2.75, 3.05) is 6.61 Å². The van der Waals surface area contributed by atoms with E-state index >= 15 is 0 Å². The first-order valence-electron chi connectivity index (χ1n) is 3.70. The molecule has 1 aromatic rings. The van der Waals surface area contributed by atoms with Crippen molar-refractivity contribution in [3.63, 3.8) is 0 Å². The average molecular weight is 219 g/mol.